The lowest BCUT2D eigenvalue weighted by Gasteiger charge is -2.30. The van der Waals surface area contributed by atoms with Gasteiger partial charge >= 0.3 is 0 Å². The standard InChI is InChI=1S/C16H18N/c1-4-6-10-14-17(3,13-5-2)15-16-11-8-7-9-12-16/h2,4,7-9,11-12H,1,13-15H2,3H3/q+1. The van der Waals surface area contributed by atoms with Crippen molar-refractivity contribution in [2.75, 3.05) is 20.1 Å². The zero-order valence-electron chi connectivity index (χ0n) is 10.3. The highest BCUT2D eigenvalue weighted by molar-refractivity contribution is 5.15. The van der Waals surface area contributed by atoms with Gasteiger partial charge in [0.05, 0.1) is 7.05 Å². The first kappa shape index (κ1) is 13.1. The van der Waals surface area contributed by atoms with E-state index in [1.165, 1.54) is 5.56 Å². The molecule has 17 heavy (non-hydrogen) atoms. The predicted molar refractivity (Wildman–Crippen MR) is 72.9 cm³/mol. The first-order chi connectivity index (χ1) is 8.20. The first-order valence-corrected chi connectivity index (χ1v) is 5.60. The third kappa shape index (κ3) is 4.60. The van der Waals surface area contributed by atoms with Gasteiger partial charge in [-0.15, -0.1) is 6.42 Å². The van der Waals surface area contributed by atoms with Crippen LogP contribution in [0.3, 0.4) is 0 Å². The number of benzene rings is 1. The summed E-state index contributed by atoms with van der Waals surface area (Å²) in [6.45, 7) is 5.91. The van der Waals surface area contributed by atoms with Crippen LogP contribution in [-0.2, 0) is 6.54 Å². The van der Waals surface area contributed by atoms with E-state index < -0.39 is 0 Å². The van der Waals surface area contributed by atoms with Gasteiger partial charge in [0.1, 0.15) is 19.6 Å². The van der Waals surface area contributed by atoms with Crippen molar-refractivity contribution in [2.45, 2.75) is 6.54 Å². The average molecular weight is 224 g/mol. The third-order valence-electron chi connectivity index (χ3n) is 2.55. The van der Waals surface area contributed by atoms with Crippen LogP contribution in [0, 0.1) is 24.2 Å². The molecule has 0 bridgehead atoms. The predicted octanol–water partition coefficient (Wildman–Crippen LogP) is 2.46. The Kier molecular flexibility index (Phi) is 5.08. The second-order valence-corrected chi connectivity index (χ2v) is 4.31. The number of quaternary nitrogens is 1. The molecule has 0 aliphatic heterocycles. The van der Waals surface area contributed by atoms with Crippen molar-refractivity contribution in [2.24, 2.45) is 0 Å². The van der Waals surface area contributed by atoms with Crippen molar-refractivity contribution in [3.63, 3.8) is 0 Å². The zero-order chi connectivity index (χ0) is 12.6. The van der Waals surface area contributed by atoms with E-state index in [0.29, 0.717) is 6.54 Å². The van der Waals surface area contributed by atoms with Gasteiger partial charge in [-0.3, -0.25) is 0 Å². The van der Waals surface area contributed by atoms with Gasteiger partial charge in [0.25, 0.3) is 0 Å². The molecule has 1 atom stereocenters. The minimum atomic E-state index is 0.681. The lowest BCUT2D eigenvalue weighted by atomic mass is 10.2. The molecule has 0 saturated carbocycles. The highest BCUT2D eigenvalue weighted by atomic mass is 15.3. The fraction of sp³-hybridized carbons (Fsp3) is 0.250. The SMILES string of the molecule is C#CC[N+](C)(CC#CC=C)Cc1ccccc1. The van der Waals surface area contributed by atoms with Gasteiger partial charge in [-0.1, -0.05) is 42.8 Å². The van der Waals surface area contributed by atoms with Gasteiger partial charge in [-0.05, 0) is 17.9 Å². The highest BCUT2D eigenvalue weighted by Gasteiger charge is 2.19. The van der Waals surface area contributed by atoms with Crippen LogP contribution in [-0.4, -0.2) is 24.6 Å². The molecule has 1 aromatic rings. The second kappa shape index (κ2) is 6.59. The molecule has 0 amide bonds. The van der Waals surface area contributed by atoms with Crippen LogP contribution in [0.25, 0.3) is 0 Å². The van der Waals surface area contributed by atoms with Crippen molar-refractivity contribution in [3.05, 3.63) is 48.6 Å². The monoisotopic (exact) mass is 224 g/mol. The number of allylic oxidation sites excluding steroid dienone is 1. The highest BCUT2D eigenvalue weighted by Crippen LogP contribution is 2.10. The summed E-state index contributed by atoms with van der Waals surface area (Å²) in [6.07, 6.45) is 7.05. The summed E-state index contributed by atoms with van der Waals surface area (Å²) < 4.78 is 0.737. The summed E-state index contributed by atoms with van der Waals surface area (Å²) in [6, 6.07) is 10.4. The summed E-state index contributed by atoms with van der Waals surface area (Å²) in [5.74, 6) is 8.70. The van der Waals surface area contributed by atoms with Crippen LogP contribution >= 0.6 is 0 Å². The summed E-state index contributed by atoms with van der Waals surface area (Å²) in [4.78, 5) is 0. The van der Waals surface area contributed by atoms with Gasteiger partial charge < -0.3 is 4.48 Å². The van der Waals surface area contributed by atoms with Crippen molar-refractivity contribution >= 4 is 0 Å². The van der Waals surface area contributed by atoms with E-state index in [-0.39, 0.29) is 0 Å². The average Bonchev–Trinajstić information content (AvgIpc) is 2.31. The van der Waals surface area contributed by atoms with E-state index in [4.69, 9.17) is 6.42 Å². The van der Waals surface area contributed by atoms with E-state index in [0.717, 1.165) is 17.6 Å². The minimum absolute atomic E-state index is 0.681. The molecule has 1 aromatic carbocycles. The number of rotatable bonds is 4. The smallest absolute Gasteiger partial charge is 0.142 e. The molecule has 1 heteroatoms. The van der Waals surface area contributed by atoms with Gasteiger partial charge in [0.15, 0.2) is 0 Å². The Hall–Kier alpha value is -1.96. The number of hydrogen-bond acceptors (Lipinski definition) is 0. The Morgan fingerprint density at radius 3 is 2.59 bits per heavy atom. The van der Waals surface area contributed by atoms with Gasteiger partial charge in [-0.2, -0.15) is 0 Å². The molecule has 0 aliphatic rings. The molecule has 1 unspecified atom stereocenters. The fourth-order valence-electron chi connectivity index (χ4n) is 1.72. The van der Waals surface area contributed by atoms with E-state index >= 15 is 0 Å². The van der Waals surface area contributed by atoms with Crippen LogP contribution < -0.4 is 0 Å². The Labute approximate surface area is 104 Å². The van der Waals surface area contributed by atoms with Crippen molar-refractivity contribution in [1.82, 2.24) is 0 Å². The normalized spacial score (nSPS) is 12.7. The summed E-state index contributed by atoms with van der Waals surface area (Å²) in [5, 5.41) is 0. The number of nitrogens with zero attached hydrogens (tertiary/aromatic N) is 1. The quantitative estimate of drug-likeness (QED) is 0.544. The molecule has 0 aliphatic carbocycles. The Bertz CT molecular complexity index is 456. The molecular formula is C16H18N+. The molecule has 0 fully saturated rings. The largest absolute Gasteiger partial charge is 0.302 e. The number of hydrogen-bond donors (Lipinski definition) is 0. The van der Waals surface area contributed by atoms with E-state index in [1.807, 2.05) is 18.2 Å². The topological polar surface area (TPSA) is 0 Å². The molecule has 0 N–H and O–H groups in total. The van der Waals surface area contributed by atoms with Gasteiger partial charge in [0.2, 0.25) is 0 Å². The van der Waals surface area contributed by atoms with Gasteiger partial charge in [-0.25, -0.2) is 0 Å². The van der Waals surface area contributed by atoms with Crippen LogP contribution in [0.1, 0.15) is 5.56 Å². The fourth-order valence-corrected chi connectivity index (χ4v) is 1.72. The summed E-state index contributed by atoms with van der Waals surface area (Å²) in [5.41, 5.74) is 1.28. The second-order valence-electron chi connectivity index (χ2n) is 4.31. The lowest BCUT2D eigenvalue weighted by Crippen LogP contribution is -2.43. The van der Waals surface area contributed by atoms with Gasteiger partial charge in [0, 0.05) is 5.56 Å². The van der Waals surface area contributed by atoms with Crippen molar-refractivity contribution in [1.29, 1.82) is 0 Å². The molecule has 0 heterocycles. The third-order valence-corrected chi connectivity index (χ3v) is 2.55. The summed E-state index contributed by atoms with van der Waals surface area (Å²) >= 11 is 0. The maximum Gasteiger partial charge on any atom is 0.142 e. The molecule has 1 rings (SSSR count). The minimum Gasteiger partial charge on any atom is -0.302 e. The molecule has 0 spiro atoms. The van der Waals surface area contributed by atoms with Crippen molar-refractivity contribution < 1.29 is 4.48 Å². The van der Waals surface area contributed by atoms with Crippen molar-refractivity contribution in [3.8, 4) is 24.2 Å². The molecule has 86 valence electrons. The number of terminal acetylenes is 1. The molecule has 1 nitrogen and oxygen atoms in total. The molecular weight excluding hydrogens is 206 g/mol. The Balaban J connectivity index is 2.78. The summed E-state index contributed by atoms with van der Waals surface area (Å²) in [7, 11) is 2.13. The molecule has 0 saturated heterocycles. The van der Waals surface area contributed by atoms with E-state index in [9.17, 15) is 0 Å². The van der Waals surface area contributed by atoms with Crippen LogP contribution in [0.4, 0.5) is 0 Å². The zero-order valence-corrected chi connectivity index (χ0v) is 10.3. The molecule has 0 aromatic heterocycles. The Morgan fingerprint density at radius 1 is 1.29 bits per heavy atom. The van der Waals surface area contributed by atoms with E-state index in [1.54, 1.807) is 6.08 Å². The van der Waals surface area contributed by atoms with Crippen LogP contribution in [0.5, 0.6) is 0 Å². The lowest BCUT2D eigenvalue weighted by molar-refractivity contribution is -0.909. The van der Waals surface area contributed by atoms with E-state index in [2.05, 4.69) is 43.5 Å². The molecule has 0 radical (unpaired) electrons. The van der Waals surface area contributed by atoms with Crippen LogP contribution in [0.15, 0.2) is 43.0 Å². The first-order valence-electron chi connectivity index (χ1n) is 5.60. The van der Waals surface area contributed by atoms with Crippen LogP contribution in [0.2, 0.25) is 0 Å². The Morgan fingerprint density at radius 2 is 2.00 bits per heavy atom. The maximum atomic E-state index is 5.44. The maximum absolute atomic E-state index is 5.44.